The van der Waals surface area contributed by atoms with E-state index in [1.54, 1.807) is 89.6 Å². The average molecular weight is 1980 g/mol. The second kappa shape index (κ2) is 50.4. The lowest BCUT2D eigenvalue weighted by Crippen LogP contribution is -2.65. The maximum Gasteiger partial charge on any atom is 0.411 e. The Morgan fingerprint density at radius 1 is 0.783 bits per heavy atom. The molecule has 4 fully saturated rings. The number of thioether (sulfide) groups is 1. The number of likely N-dealkylation sites (N-methyl/N-ethyl adjacent to an activating group) is 1. The number of hydrogen-bond donors (Lipinski definition) is 15. The van der Waals surface area contributed by atoms with Gasteiger partial charge in [0.05, 0.1) is 97.0 Å². The van der Waals surface area contributed by atoms with Gasteiger partial charge >= 0.3 is 18.2 Å². The van der Waals surface area contributed by atoms with Crippen LogP contribution in [0.25, 0.3) is 0 Å². The number of rotatable bonds is 42. The van der Waals surface area contributed by atoms with E-state index in [0.29, 0.717) is 52.7 Å². The highest BCUT2D eigenvalue weighted by Gasteiger charge is 2.53. The highest BCUT2D eigenvalue weighted by molar-refractivity contribution is 14.1. The fraction of sp³-hybridized carbons (Fsp3) is 0.640. The Kier molecular flexibility index (Phi) is 41.7. The van der Waals surface area contributed by atoms with Crippen molar-refractivity contribution in [1.29, 1.82) is 0 Å². The van der Waals surface area contributed by atoms with Crippen molar-refractivity contribution in [3.05, 3.63) is 79.6 Å². The van der Waals surface area contributed by atoms with Gasteiger partial charge in [0.25, 0.3) is 0 Å². The lowest BCUT2D eigenvalue weighted by atomic mass is 9.75. The molecule has 0 aromatic heterocycles. The van der Waals surface area contributed by atoms with Crippen molar-refractivity contribution in [2.45, 2.75) is 272 Å². The van der Waals surface area contributed by atoms with Crippen molar-refractivity contribution in [3.63, 3.8) is 0 Å². The number of alkyl carbamates (subject to hydrolysis) is 1. The zero-order chi connectivity index (χ0) is 94.9. The predicted octanol–water partition coefficient (Wildman–Crippen LogP) is 3.74. The molecular weight excluding hydrogens is 1860 g/mol. The van der Waals surface area contributed by atoms with Crippen LogP contribution in [0.3, 0.4) is 0 Å². The molecule has 8 amide bonds. The lowest BCUT2D eigenvalue weighted by Gasteiger charge is -2.47. The number of ketones is 1. The number of benzene rings is 2. The number of anilines is 1. The molecule has 2 aliphatic carbocycles. The van der Waals surface area contributed by atoms with E-state index in [0.717, 1.165) is 18.9 Å². The second-order valence-corrected chi connectivity index (χ2v) is 37.7. The molecule has 716 valence electrons. The number of hydroxylamine groups is 1. The van der Waals surface area contributed by atoms with Gasteiger partial charge in [0, 0.05) is 74.4 Å². The van der Waals surface area contributed by atoms with Crippen LogP contribution in [-0.2, 0) is 82.8 Å². The van der Waals surface area contributed by atoms with Crippen LogP contribution in [0.5, 0.6) is 17.2 Å². The molecule has 39 nitrogen and oxygen atoms in total. The van der Waals surface area contributed by atoms with Crippen LogP contribution in [0.1, 0.15) is 142 Å². The molecule has 2 bridgehead atoms. The molecule has 0 radical (unpaired) electrons. The van der Waals surface area contributed by atoms with Crippen molar-refractivity contribution in [1.82, 2.24) is 37.0 Å². The molecule has 4 aliphatic heterocycles. The maximum atomic E-state index is 14.7. The van der Waals surface area contributed by atoms with Crippen molar-refractivity contribution in [2.75, 3.05) is 79.4 Å². The molecule has 2 aromatic rings. The number of halogens is 1. The number of fused-ring (bicyclic) bond motifs is 2. The number of methoxy groups -OCH3 is 5. The van der Waals surface area contributed by atoms with Gasteiger partial charge in [0.2, 0.25) is 40.8 Å². The highest BCUT2D eigenvalue weighted by atomic mass is 127. The number of aliphatic hydroxyl groups is 5. The minimum atomic E-state index is -2.20. The van der Waals surface area contributed by atoms with Crippen LogP contribution in [-0.4, -0.2) is 295 Å². The molecule has 0 saturated carbocycles. The van der Waals surface area contributed by atoms with Crippen LogP contribution in [0, 0.1) is 40.1 Å². The highest BCUT2D eigenvalue weighted by Crippen LogP contribution is 2.50. The Labute approximate surface area is 776 Å². The molecule has 0 unspecified atom stereocenters. The number of primary amides is 1. The maximum absolute atomic E-state index is 14.7. The Hall–Kier alpha value is -7.69. The van der Waals surface area contributed by atoms with Crippen molar-refractivity contribution in [2.24, 2.45) is 23.1 Å². The van der Waals surface area contributed by atoms with E-state index in [2.05, 4.69) is 61.1 Å². The largest absolute Gasteiger partial charge is 0.492 e. The number of urea groups is 1. The second-order valence-electron chi connectivity index (χ2n) is 32.4. The Morgan fingerprint density at radius 3 is 2.11 bits per heavy atom. The first kappa shape index (κ1) is 107. The third-order valence-electron chi connectivity index (χ3n) is 22.2. The van der Waals surface area contributed by atoms with Crippen LogP contribution >= 0.6 is 55.9 Å². The van der Waals surface area contributed by atoms with Gasteiger partial charge in [-0.1, -0.05) is 89.1 Å². The summed E-state index contributed by atoms with van der Waals surface area (Å²) >= 11 is 2.75. The number of aliphatic hydroxyl groups excluding tert-OH is 4. The first-order chi connectivity index (χ1) is 61.3. The van der Waals surface area contributed by atoms with Gasteiger partial charge < -0.3 is 136 Å². The lowest BCUT2D eigenvalue weighted by molar-refractivity contribution is -0.337. The van der Waals surface area contributed by atoms with E-state index in [1.807, 2.05) is 36.4 Å². The number of unbranched alkanes of at least 4 members (excludes halogenated alkanes) is 1. The number of amides is 8. The molecule has 8 rings (SSSR count). The van der Waals surface area contributed by atoms with Gasteiger partial charge in [-0.25, -0.2) is 14.4 Å². The monoisotopic (exact) mass is 1980 g/mol. The summed E-state index contributed by atoms with van der Waals surface area (Å²) in [6, 6.07) is 0.184. The van der Waals surface area contributed by atoms with Crippen LogP contribution in [0.2, 0.25) is 0 Å². The van der Waals surface area contributed by atoms with E-state index in [9.17, 15) is 68.7 Å². The standard InChI is InChI=1S/C86H124IN11O28S3/c1-16-98(84(111)119-41-49-27-29-50(30-28-49)93-76(105)53(25-23-36-91-82(90)109)94-78(107)64(43(2)3)95-77(106)52(92-48(8)99)24-20-22-34-88)54-42-118-59(39-58(54)113-11)124-73-68(103)65(45(5)121-81(73)123-57-26-19-17-18-21-32-86(112)40-56(101)66(96-83(110)117-15)62(57)51(86)31-37-127-129-85(9,10)33-35-89)97-126-60-38-55(100)75(47(7)120-60)128-79(108)61-44(4)63(87)71(74(116-14)70(61)114-12)125-80-69(104)72(115-13)67(102)46(6)122-80/h17-18,27-31,43,45-47,52-55,57-60,64-65,67-69,72-73,75,80-81,97,100,102-104,112H,16,20,22-25,33-42,88-89H2,1-15H3,(H,92,99)(H,93,105)(H,94,107)(H,95,106)(H,96,110)(H3,90,91,109)/b18-17?,51-31+/t45-,46+,47-,52+,53+,54+,55+,57+,58+,59+,60+,64+,65-,67+,68+,69-,72-,73-,75-,80+,81+,86+/m1/s1. The zero-order valence-electron chi connectivity index (χ0n) is 75.0. The number of hydrogen-bond acceptors (Lipinski definition) is 34. The molecule has 0 spiro atoms. The number of allylic oxidation sites excluding steroid dienone is 3. The molecule has 22 atom stereocenters. The summed E-state index contributed by atoms with van der Waals surface area (Å²) in [5.74, 6) is 8.17. The minimum absolute atomic E-state index is 0.0112. The SMILES string of the molecule is CCN(C(=O)OCc1ccc(NC(=O)[C@H](CCCNC(N)=O)NC(=O)[C@@H](NC(=O)[C@H](CCCCN)NC(C)=O)C(C)C)cc1)[C@H]1CO[C@@H](O[C@H]2[C@H](O[C@H]3C#CC=CC#C[C@]4(O)CC(=O)C(NC(=O)OC)=C3/C4=C\CSSC(C)(C)CCN)O[C@H](C)[C@@H](NO[C@H]3C[C@H](O)[C@H](SC(=O)c4c(C)c(I)c(O[C@@H]5O[C@@H](C)[C@H](O)[C@@H](OC)[C@H]5O)c(OC)c4OC)[C@@H](C)O3)[C@@H]2O)C[C@@H]1OC. The molecule has 129 heavy (non-hydrogen) atoms. The quantitative estimate of drug-likeness (QED) is 0.0148. The Morgan fingerprint density at radius 2 is 1.47 bits per heavy atom. The number of carbonyl (C=O) groups excluding carboxylic acids is 9. The molecule has 18 N–H and O–H groups in total. The molecule has 4 saturated heterocycles. The molecule has 43 heteroatoms. The topological polar surface area (TPSA) is 550 Å². The summed E-state index contributed by atoms with van der Waals surface area (Å²) in [6.07, 6.45) is -15.3. The van der Waals surface area contributed by atoms with Gasteiger partial charge in [-0.15, -0.1) is 0 Å². The van der Waals surface area contributed by atoms with Gasteiger partial charge in [-0.05, 0) is 164 Å². The summed E-state index contributed by atoms with van der Waals surface area (Å²) in [5, 5.41) is 73.9. The van der Waals surface area contributed by atoms with Crippen LogP contribution < -0.4 is 68.8 Å². The number of nitrogens with two attached hydrogens (primary N) is 3. The van der Waals surface area contributed by atoms with Crippen LogP contribution in [0.15, 0.2) is 59.3 Å². The van der Waals surface area contributed by atoms with E-state index < -0.39 is 198 Å². The summed E-state index contributed by atoms with van der Waals surface area (Å²) in [6.45, 7) is 17.4. The smallest absolute Gasteiger partial charge is 0.411 e. The van der Waals surface area contributed by atoms with E-state index in [-0.39, 0.29) is 109 Å². The molecule has 4 heterocycles. The summed E-state index contributed by atoms with van der Waals surface area (Å²) < 4.78 is 79.5. The number of nitrogens with zero attached hydrogens (tertiary/aromatic N) is 1. The minimum Gasteiger partial charge on any atom is -0.492 e. The Balaban J connectivity index is 1.01. The number of Topliss-reactive ketones (excluding diaryl/α,β-unsaturated/α-hetero) is 1. The van der Waals surface area contributed by atoms with Gasteiger partial charge in [0.15, 0.2) is 41.8 Å². The average Bonchev–Trinajstić information content (AvgIpc) is 0.749. The molecule has 6 aliphatic rings. The van der Waals surface area contributed by atoms with E-state index in [1.165, 1.54) is 63.2 Å². The predicted molar refractivity (Wildman–Crippen MR) is 484 cm³/mol. The zero-order valence-corrected chi connectivity index (χ0v) is 79.6. The first-order valence-electron chi connectivity index (χ1n) is 42.4. The van der Waals surface area contributed by atoms with Crippen LogP contribution in [0.4, 0.5) is 20.1 Å². The van der Waals surface area contributed by atoms with E-state index in [4.69, 9.17) is 83.6 Å². The van der Waals surface area contributed by atoms with Crippen molar-refractivity contribution in [3.8, 4) is 40.9 Å². The molecular formula is C86H124IN11O28S3. The van der Waals surface area contributed by atoms with E-state index >= 15 is 0 Å². The molecule has 2 aromatic carbocycles. The fourth-order valence-corrected chi connectivity index (χ4v) is 19.5. The van der Waals surface area contributed by atoms with Crippen molar-refractivity contribution < 1.29 is 135 Å². The fourth-order valence-electron chi connectivity index (χ4n) is 15.3. The first-order valence-corrected chi connectivity index (χ1v) is 46.7. The van der Waals surface area contributed by atoms with Gasteiger partial charge in [0.1, 0.15) is 61.4 Å². The summed E-state index contributed by atoms with van der Waals surface area (Å²) in [5.41, 5.74) is 18.4. The third-order valence-corrected chi connectivity index (χ3v) is 28.1. The third kappa shape index (κ3) is 28.7. The summed E-state index contributed by atoms with van der Waals surface area (Å²) in [7, 11) is 9.50. The number of ether oxygens (including phenoxy) is 13. The normalized spacial score (nSPS) is 27.8. The summed E-state index contributed by atoms with van der Waals surface area (Å²) in [4.78, 5) is 130. The number of carbonyl (C=O) groups is 9. The van der Waals surface area contributed by atoms with Gasteiger partial charge in [-0.3, -0.25) is 38.9 Å². The Bertz CT molecular complexity index is 4430. The van der Waals surface area contributed by atoms with Crippen molar-refractivity contribution >= 4 is 114 Å². The number of nitrogens with one attached hydrogen (secondary N) is 7. The van der Waals surface area contributed by atoms with Gasteiger partial charge in [-0.2, -0.15) is 5.48 Å².